The molecule has 0 aromatic carbocycles. The summed E-state index contributed by atoms with van der Waals surface area (Å²) in [5.41, 5.74) is 2.79. The van der Waals surface area contributed by atoms with Crippen LogP contribution in [0.15, 0.2) is 146 Å². The number of piperidine rings is 1. The number of imidazole rings is 1. The normalized spacial score (nSPS) is 10.2. The Morgan fingerprint density at radius 3 is 0.911 bits per heavy atom. The molecular formula is C83H194N18. The number of hydrogen-bond acceptors (Lipinski definition) is 15. The van der Waals surface area contributed by atoms with E-state index in [1.54, 1.807) is 68.3 Å². The first-order valence-corrected chi connectivity index (χ1v) is 41.1. The predicted molar refractivity (Wildman–Crippen MR) is 479 cm³/mol. The van der Waals surface area contributed by atoms with Crippen LogP contribution in [-0.4, -0.2) is 142 Å². The van der Waals surface area contributed by atoms with Crippen molar-refractivity contribution >= 4 is 12.6 Å². The van der Waals surface area contributed by atoms with Gasteiger partial charge in [0.25, 0.3) is 0 Å². The molecule has 0 bridgehead atoms. The van der Waals surface area contributed by atoms with Crippen LogP contribution in [0.1, 0.15) is 323 Å². The molecule has 6 aliphatic heterocycles. The highest BCUT2D eigenvalue weighted by Crippen LogP contribution is 2.04. The van der Waals surface area contributed by atoms with E-state index in [9.17, 15) is 0 Å². The maximum atomic E-state index is 3.85. The number of nitrogens with zero attached hydrogens (tertiary/aromatic N) is 9. The second kappa shape index (κ2) is 279. The fraction of sp³-hybridized carbons (Fsp3) is 0.711. The van der Waals surface area contributed by atoms with E-state index in [1.165, 1.54) is 45.1 Å². The highest BCUT2D eigenvalue weighted by Gasteiger charge is 2.02. The van der Waals surface area contributed by atoms with E-state index >= 15 is 0 Å². The molecule has 101 heavy (non-hydrogen) atoms. The number of hydrogen-bond donors (Lipinski definition) is 9. The monoisotopic (exact) mass is 1440 g/mol. The minimum absolute atomic E-state index is 0.958. The first kappa shape index (κ1) is 153. The summed E-state index contributed by atoms with van der Waals surface area (Å²) in [5, 5.41) is 32.3. The SMILES string of the molecule is C1=CCNC1.C1=CNCC1.C1=NCCN1.C1=NNCC1.C1CNCN1.CC.CC.CC.CC.CC.CC.CC.CC.CC.CC.CC.CC.CC.CC.CC.CC.CC.CC.CC.CC.CC.CN1CCCCC1.c1c[nH]cn1.c1cc[nH]c1.c1ccnnc1.c1cn[nH]c1.c1cncnc1. The molecule has 11 heterocycles. The van der Waals surface area contributed by atoms with Crippen molar-refractivity contribution in [1.29, 1.82) is 0 Å². The number of aliphatic imine (C=N–C) groups is 1. The van der Waals surface area contributed by atoms with Crippen molar-refractivity contribution in [3.63, 3.8) is 0 Å². The van der Waals surface area contributed by atoms with Gasteiger partial charge in [-0.25, -0.2) is 15.0 Å². The number of H-pyrrole nitrogens is 3. The number of aromatic amines is 3. The zero-order chi connectivity index (χ0) is 83.9. The molecule has 0 aliphatic carbocycles. The molecule has 0 amide bonds. The minimum atomic E-state index is 0.958. The maximum Gasteiger partial charge on any atom is 0.115 e. The molecule has 0 atom stereocenters. The van der Waals surface area contributed by atoms with Crippen LogP contribution in [-0.2, 0) is 0 Å². The van der Waals surface area contributed by atoms with Gasteiger partial charge >= 0.3 is 0 Å². The molecule has 0 unspecified atom stereocenters. The van der Waals surface area contributed by atoms with Crippen molar-refractivity contribution in [1.82, 2.24) is 82.2 Å². The fourth-order valence-corrected chi connectivity index (χ4v) is 4.19. The summed E-state index contributed by atoms with van der Waals surface area (Å²) in [6.07, 6.45) is 39.0. The Labute approximate surface area is 639 Å². The van der Waals surface area contributed by atoms with Crippen molar-refractivity contribution in [3.05, 3.63) is 135 Å². The van der Waals surface area contributed by atoms with Crippen LogP contribution in [0, 0.1) is 0 Å². The topological polar surface area (TPSA) is 225 Å². The van der Waals surface area contributed by atoms with Gasteiger partial charge in [-0.3, -0.25) is 10.1 Å². The summed E-state index contributed by atoms with van der Waals surface area (Å²) in [6, 6.07) is 11.2. The number of hydrazone groups is 1. The van der Waals surface area contributed by atoms with Crippen LogP contribution < -0.4 is 32.0 Å². The lowest BCUT2D eigenvalue weighted by atomic mass is 10.1. The zero-order valence-corrected chi connectivity index (χ0v) is 76.7. The van der Waals surface area contributed by atoms with Gasteiger partial charge in [0, 0.05) is 127 Å². The lowest BCUT2D eigenvalue weighted by Crippen LogP contribution is -2.24. The average molecular weight is 1440 g/mol. The van der Waals surface area contributed by atoms with Gasteiger partial charge in [-0.2, -0.15) is 20.4 Å². The van der Waals surface area contributed by atoms with Gasteiger partial charge in [-0.05, 0) is 82.0 Å². The maximum absolute atomic E-state index is 3.85. The highest BCUT2D eigenvalue weighted by atomic mass is 15.3. The van der Waals surface area contributed by atoms with Gasteiger partial charge in [0.05, 0.1) is 19.2 Å². The summed E-state index contributed by atoms with van der Waals surface area (Å²) >= 11 is 0. The number of nitrogens with one attached hydrogen (secondary N) is 9. The molecule has 0 radical (unpaired) electrons. The van der Waals surface area contributed by atoms with Gasteiger partial charge in [0.2, 0.25) is 0 Å². The predicted octanol–water partition coefficient (Wildman–Crippen LogP) is 24.8. The lowest BCUT2D eigenvalue weighted by Gasteiger charge is -2.20. The molecule has 18 heteroatoms. The Morgan fingerprint density at radius 2 is 0.792 bits per heavy atom. The molecule has 2 saturated heterocycles. The van der Waals surface area contributed by atoms with Crippen LogP contribution in [0.5, 0.6) is 0 Å². The fourth-order valence-electron chi connectivity index (χ4n) is 4.19. The van der Waals surface area contributed by atoms with Gasteiger partial charge in [-0.15, -0.1) is 0 Å². The van der Waals surface area contributed by atoms with Crippen molar-refractivity contribution in [2.24, 2.45) is 10.1 Å². The Hall–Kier alpha value is -6.08. The van der Waals surface area contributed by atoms with Crippen molar-refractivity contribution < 1.29 is 0 Å². The van der Waals surface area contributed by atoms with E-state index in [0.717, 1.165) is 65.4 Å². The van der Waals surface area contributed by atoms with Crippen LogP contribution in [0.2, 0.25) is 0 Å². The zero-order valence-electron chi connectivity index (χ0n) is 76.7. The van der Waals surface area contributed by atoms with E-state index in [0.29, 0.717) is 0 Å². The number of likely N-dealkylation sites (tertiary alicyclic amines) is 1. The second-order valence-electron chi connectivity index (χ2n) is 12.0. The molecule has 9 N–H and O–H groups in total. The third-order valence-electron chi connectivity index (χ3n) is 7.09. The first-order chi connectivity index (χ1) is 50.4. The Kier molecular flexibility index (Phi) is 423. The molecule has 616 valence electrons. The molecule has 2 fully saturated rings. The van der Waals surface area contributed by atoms with Crippen LogP contribution in [0.25, 0.3) is 0 Å². The van der Waals surface area contributed by atoms with Crippen LogP contribution >= 0.6 is 0 Å². The number of aromatic nitrogens is 9. The van der Waals surface area contributed by atoms with E-state index in [2.05, 4.69) is 118 Å². The van der Waals surface area contributed by atoms with Gasteiger partial charge in [0.15, 0.2) is 0 Å². The molecular weight excluding hydrogens is 1250 g/mol. The summed E-state index contributed by atoms with van der Waals surface area (Å²) in [4.78, 5) is 22.9. The third kappa shape index (κ3) is 273. The highest BCUT2D eigenvalue weighted by molar-refractivity contribution is 5.58. The van der Waals surface area contributed by atoms with Crippen molar-refractivity contribution in [2.45, 2.75) is 323 Å². The molecule has 5 aromatic rings. The van der Waals surface area contributed by atoms with Crippen molar-refractivity contribution in [3.8, 4) is 0 Å². The minimum Gasteiger partial charge on any atom is -0.391 e. The number of rotatable bonds is 0. The van der Waals surface area contributed by atoms with Crippen LogP contribution in [0.3, 0.4) is 0 Å². The van der Waals surface area contributed by atoms with E-state index in [-0.39, 0.29) is 0 Å². The standard InChI is InChI=1S/C6H13N.2C4H4N2.2C4H7N.C4H5N.C3H8N2.C3H6N2.C3H4N2.C3H6N2.C3H4N2.21C2H6/c1-7-5-3-2-4-6-7;1-2-5-4-6-3-1;1-2-4-6-5-3-1;3*1-2-4-5-3-1;3*1-2-5-3-4-1;2*1-2-4-5-3-1;21*1-2/h2-6H2,1H3;2*1-4H;1,3,5H,2,4H2;1-2,5H,3-4H2;1-5H;4-5H,1-3H2;3H,1-2H2,(H,4,5);1-3H,(H,4,5);2,5H,1,3H2;1-3H,(H,4,5);21*1-2H3. The Bertz CT molecular complexity index is 1210. The smallest absolute Gasteiger partial charge is 0.115 e. The average Bonchev–Trinajstić information content (AvgIpc) is 4.70. The van der Waals surface area contributed by atoms with Crippen molar-refractivity contribution in [2.75, 3.05) is 79.2 Å². The first-order valence-electron chi connectivity index (χ1n) is 41.1. The molecule has 11 rings (SSSR count). The summed E-state index contributed by atoms with van der Waals surface area (Å²) in [5.74, 6) is 0. The second-order valence-corrected chi connectivity index (χ2v) is 12.0. The summed E-state index contributed by atoms with van der Waals surface area (Å²) in [7, 11) is 2.19. The molecule has 5 aromatic heterocycles. The summed E-state index contributed by atoms with van der Waals surface area (Å²) < 4.78 is 0. The van der Waals surface area contributed by atoms with E-state index in [4.69, 9.17) is 0 Å². The molecule has 18 nitrogen and oxygen atoms in total. The summed E-state index contributed by atoms with van der Waals surface area (Å²) in [6.45, 7) is 96.2. The van der Waals surface area contributed by atoms with Gasteiger partial charge < -0.3 is 46.9 Å². The Morgan fingerprint density at radius 1 is 0.347 bits per heavy atom. The molecule has 0 saturated carbocycles. The van der Waals surface area contributed by atoms with E-state index < -0.39 is 0 Å². The molecule has 0 spiro atoms. The molecule has 6 aliphatic rings. The quantitative estimate of drug-likeness (QED) is 0.0659. The van der Waals surface area contributed by atoms with Crippen LogP contribution in [0.4, 0.5) is 0 Å². The largest absolute Gasteiger partial charge is 0.391 e. The van der Waals surface area contributed by atoms with E-state index in [1.807, 2.05) is 346 Å². The lowest BCUT2D eigenvalue weighted by molar-refractivity contribution is 0.277. The van der Waals surface area contributed by atoms with Gasteiger partial charge in [-0.1, -0.05) is 315 Å². The Balaban J connectivity index is -0.0000000349. The third-order valence-corrected chi connectivity index (χ3v) is 7.09. The van der Waals surface area contributed by atoms with Gasteiger partial charge in [0.1, 0.15) is 6.33 Å².